The topological polar surface area (TPSA) is 103 Å². The Morgan fingerprint density at radius 3 is 2.77 bits per heavy atom. The zero-order valence-corrected chi connectivity index (χ0v) is 12.6. The largest absolute Gasteiger partial charge is 0.482 e. The second-order valence-electron chi connectivity index (χ2n) is 4.38. The molecule has 0 heterocycles. The molecule has 0 aromatic heterocycles. The average molecular weight is 307 g/mol. The summed E-state index contributed by atoms with van der Waals surface area (Å²) < 4.78 is 10.1. The number of hydrogen-bond acceptors (Lipinski definition) is 5. The molecule has 1 aromatic carbocycles. The lowest BCUT2D eigenvalue weighted by atomic mass is 10.1. The maximum absolute atomic E-state index is 11.7. The van der Waals surface area contributed by atoms with E-state index in [0.717, 1.165) is 0 Å². The Kier molecular flexibility index (Phi) is 7.49. The molecule has 0 fully saturated rings. The zero-order valence-electron chi connectivity index (χ0n) is 12.6. The van der Waals surface area contributed by atoms with Crippen molar-refractivity contribution in [2.24, 2.45) is 0 Å². The number of amides is 2. The summed E-state index contributed by atoms with van der Waals surface area (Å²) in [6.45, 7) is 4.58. The minimum Gasteiger partial charge on any atom is -0.482 e. The van der Waals surface area contributed by atoms with Gasteiger partial charge in [-0.05, 0) is 18.2 Å². The molecule has 4 N–H and O–H groups in total. The zero-order chi connectivity index (χ0) is 16.4. The molecule has 2 amide bonds. The number of nitrogens with one attached hydrogen (secondary N) is 2. The van der Waals surface area contributed by atoms with E-state index in [0.29, 0.717) is 31.0 Å². The van der Waals surface area contributed by atoms with Crippen LogP contribution in [0.4, 0.5) is 5.69 Å². The predicted octanol–water partition coefficient (Wildman–Crippen LogP) is 0.326. The van der Waals surface area contributed by atoms with Crippen LogP contribution in [0.25, 0.3) is 0 Å². The molecule has 0 radical (unpaired) electrons. The van der Waals surface area contributed by atoms with Crippen molar-refractivity contribution in [1.82, 2.24) is 10.6 Å². The summed E-state index contributed by atoms with van der Waals surface area (Å²) in [5.74, 6) is -0.179. The fourth-order valence-corrected chi connectivity index (χ4v) is 1.57. The lowest BCUT2D eigenvalue weighted by molar-refractivity contribution is -0.123. The first-order valence-corrected chi connectivity index (χ1v) is 6.75. The van der Waals surface area contributed by atoms with Gasteiger partial charge in [-0.3, -0.25) is 9.59 Å². The Labute approximate surface area is 129 Å². The molecular weight excluding hydrogens is 286 g/mol. The van der Waals surface area contributed by atoms with Gasteiger partial charge in [0.25, 0.3) is 11.8 Å². The third-order valence-electron chi connectivity index (χ3n) is 2.67. The van der Waals surface area contributed by atoms with Gasteiger partial charge in [0.2, 0.25) is 0 Å². The molecule has 1 aromatic rings. The molecule has 0 atom stereocenters. The van der Waals surface area contributed by atoms with Crippen molar-refractivity contribution in [3.05, 3.63) is 36.4 Å². The Balaban J connectivity index is 2.53. The third kappa shape index (κ3) is 5.84. The highest BCUT2D eigenvalue weighted by atomic mass is 16.5. The number of hydrogen-bond donors (Lipinski definition) is 3. The minimum absolute atomic E-state index is 0.157. The van der Waals surface area contributed by atoms with Crippen LogP contribution in [-0.2, 0) is 9.53 Å². The number of carbonyl (C=O) groups is 2. The second-order valence-corrected chi connectivity index (χ2v) is 4.38. The van der Waals surface area contributed by atoms with Crippen molar-refractivity contribution < 1.29 is 19.1 Å². The van der Waals surface area contributed by atoms with Crippen molar-refractivity contribution >= 4 is 17.5 Å². The van der Waals surface area contributed by atoms with Gasteiger partial charge in [-0.1, -0.05) is 6.08 Å². The van der Waals surface area contributed by atoms with Gasteiger partial charge in [0.1, 0.15) is 5.75 Å². The summed E-state index contributed by atoms with van der Waals surface area (Å²) in [6.07, 6.45) is 1.58. The van der Waals surface area contributed by atoms with Crippen molar-refractivity contribution in [3.63, 3.8) is 0 Å². The van der Waals surface area contributed by atoms with Gasteiger partial charge in [0, 0.05) is 25.8 Å². The summed E-state index contributed by atoms with van der Waals surface area (Å²) >= 11 is 0. The molecule has 120 valence electrons. The van der Waals surface area contributed by atoms with E-state index in [4.69, 9.17) is 15.2 Å². The highest BCUT2D eigenvalue weighted by Gasteiger charge is 2.09. The van der Waals surface area contributed by atoms with E-state index in [2.05, 4.69) is 17.2 Å². The molecule has 0 aliphatic heterocycles. The number of nitrogens with two attached hydrogens (primary N) is 1. The number of carbonyl (C=O) groups excluding carboxylic acids is 2. The lowest BCUT2D eigenvalue weighted by Gasteiger charge is -2.10. The monoisotopic (exact) mass is 307 g/mol. The minimum atomic E-state index is -0.274. The van der Waals surface area contributed by atoms with Crippen LogP contribution in [0.2, 0.25) is 0 Å². The standard InChI is InChI=1S/C15H21N3O4/c1-3-6-18-15(20)11-4-5-13(12(16)9-11)22-10-14(19)17-7-8-21-2/h3-5,9H,1,6-8,10,16H2,2H3,(H,17,19)(H,18,20). The van der Waals surface area contributed by atoms with Gasteiger partial charge >= 0.3 is 0 Å². The number of ether oxygens (including phenoxy) is 2. The van der Waals surface area contributed by atoms with Gasteiger partial charge in [0.05, 0.1) is 12.3 Å². The first-order valence-electron chi connectivity index (χ1n) is 6.75. The van der Waals surface area contributed by atoms with Crippen molar-refractivity contribution in [3.8, 4) is 5.75 Å². The normalized spacial score (nSPS) is 9.86. The fourth-order valence-electron chi connectivity index (χ4n) is 1.57. The first-order chi connectivity index (χ1) is 10.6. The van der Waals surface area contributed by atoms with Crippen molar-refractivity contribution in [1.29, 1.82) is 0 Å². The van der Waals surface area contributed by atoms with Gasteiger partial charge < -0.3 is 25.8 Å². The molecule has 0 aliphatic carbocycles. The summed E-state index contributed by atoms with van der Waals surface area (Å²) in [7, 11) is 1.55. The molecule has 0 spiro atoms. The van der Waals surface area contributed by atoms with E-state index in [1.807, 2.05) is 0 Å². The quantitative estimate of drug-likeness (QED) is 0.346. The molecule has 7 heteroatoms. The van der Waals surface area contributed by atoms with E-state index in [9.17, 15) is 9.59 Å². The molecular formula is C15H21N3O4. The Hall–Kier alpha value is -2.54. The molecule has 7 nitrogen and oxygen atoms in total. The fraction of sp³-hybridized carbons (Fsp3) is 0.333. The van der Waals surface area contributed by atoms with Crippen LogP contribution in [-0.4, -0.2) is 45.2 Å². The highest BCUT2D eigenvalue weighted by Crippen LogP contribution is 2.22. The second kappa shape index (κ2) is 9.41. The molecule has 0 saturated carbocycles. The predicted molar refractivity (Wildman–Crippen MR) is 83.8 cm³/mol. The molecule has 0 aliphatic rings. The van der Waals surface area contributed by atoms with E-state index >= 15 is 0 Å². The molecule has 0 saturated heterocycles. The Bertz CT molecular complexity index is 532. The smallest absolute Gasteiger partial charge is 0.258 e. The van der Waals surface area contributed by atoms with Gasteiger partial charge in [-0.2, -0.15) is 0 Å². The van der Waals surface area contributed by atoms with Gasteiger partial charge in [-0.15, -0.1) is 6.58 Å². The highest BCUT2D eigenvalue weighted by molar-refractivity contribution is 5.95. The van der Waals surface area contributed by atoms with E-state index in [1.165, 1.54) is 6.07 Å². The van der Waals surface area contributed by atoms with Crippen LogP contribution in [0.1, 0.15) is 10.4 Å². The van der Waals surface area contributed by atoms with E-state index < -0.39 is 0 Å². The van der Waals surface area contributed by atoms with Gasteiger partial charge in [-0.25, -0.2) is 0 Å². The lowest BCUT2D eigenvalue weighted by Crippen LogP contribution is -2.31. The van der Waals surface area contributed by atoms with Crippen LogP contribution < -0.4 is 21.1 Å². The SMILES string of the molecule is C=CCNC(=O)c1ccc(OCC(=O)NCCOC)c(N)c1. The molecule has 0 unspecified atom stereocenters. The van der Waals surface area contributed by atoms with E-state index in [1.54, 1.807) is 25.3 Å². The Morgan fingerprint density at radius 1 is 1.36 bits per heavy atom. The summed E-state index contributed by atoms with van der Waals surface area (Å²) in [5, 5.41) is 5.27. The Morgan fingerprint density at radius 2 is 2.14 bits per heavy atom. The molecule has 22 heavy (non-hydrogen) atoms. The maximum atomic E-state index is 11.7. The number of nitrogen functional groups attached to an aromatic ring is 1. The van der Waals surface area contributed by atoms with Crippen LogP contribution in [0.5, 0.6) is 5.75 Å². The first kappa shape index (κ1) is 17.5. The van der Waals surface area contributed by atoms with Crippen molar-refractivity contribution in [2.75, 3.05) is 39.1 Å². The number of rotatable bonds is 9. The van der Waals surface area contributed by atoms with Gasteiger partial charge in [0.15, 0.2) is 6.61 Å². The summed E-state index contributed by atoms with van der Waals surface area (Å²) in [4.78, 5) is 23.2. The number of anilines is 1. The van der Waals surface area contributed by atoms with Crippen molar-refractivity contribution in [2.45, 2.75) is 0 Å². The van der Waals surface area contributed by atoms with Crippen LogP contribution in [0.3, 0.4) is 0 Å². The number of benzene rings is 1. The maximum Gasteiger partial charge on any atom is 0.258 e. The third-order valence-corrected chi connectivity index (χ3v) is 2.67. The molecule has 0 bridgehead atoms. The average Bonchev–Trinajstić information content (AvgIpc) is 2.51. The number of methoxy groups -OCH3 is 1. The summed E-state index contributed by atoms with van der Waals surface area (Å²) in [6, 6.07) is 4.63. The van der Waals surface area contributed by atoms with E-state index in [-0.39, 0.29) is 24.1 Å². The van der Waals surface area contributed by atoms with Crippen LogP contribution >= 0.6 is 0 Å². The summed E-state index contributed by atoms with van der Waals surface area (Å²) in [5.41, 5.74) is 6.52. The molecule has 1 rings (SSSR count). The van der Waals surface area contributed by atoms with Crippen LogP contribution in [0, 0.1) is 0 Å². The van der Waals surface area contributed by atoms with Crippen LogP contribution in [0.15, 0.2) is 30.9 Å².